The van der Waals surface area contributed by atoms with Crippen molar-refractivity contribution in [1.29, 1.82) is 0 Å². The van der Waals surface area contributed by atoms with E-state index < -0.39 is 0 Å². The lowest BCUT2D eigenvalue weighted by molar-refractivity contribution is 0.116. The average molecular weight is 274 g/mol. The van der Waals surface area contributed by atoms with Crippen molar-refractivity contribution >= 4 is 21.4 Å². The molecule has 0 radical (unpaired) electrons. The number of hydrogen-bond acceptors (Lipinski definition) is 3. The molecule has 2 heterocycles. The molecule has 0 amide bonds. The second-order valence-corrected chi connectivity index (χ2v) is 6.66. The molecule has 1 aromatic carbocycles. The van der Waals surface area contributed by atoms with Gasteiger partial charge in [0.15, 0.2) is 0 Å². The van der Waals surface area contributed by atoms with Crippen molar-refractivity contribution in [2.75, 3.05) is 13.1 Å². The molecule has 0 bridgehead atoms. The third-order valence-electron chi connectivity index (χ3n) is 4.31. The van der Waals surface area contributed by atoms with Crippen molar-refractivity contribution in [3.05, 3.63) is 35.2 Å². The quantitative estimate of drug-likeness (QED) is 0.928. The van der Waals surface area contributed by atoms with E-state index in [1.807, 2.05) is 11.3 Å². The van der Waals surface area contributed by atoms with Gasteiger partial charge in [0.2, 0.25) is 0 Å². The lowest BCUT2D eigenvalue weighted by Crippen LogP contribution is -2.45. The van der Waals surface area contributed by atoms with Crippen molar-refractivity contribution in [3.63, 3.8) is 0 Å². The summed E-state index contributed by atoms with van der Waals surface area (Å²) in [7, 11) is 0. The van der Waals surface area contributed by atoms with E-state index in [4.69, 9.17) is 5.73 Å². The SMILES string of the molecule is CC1CCN(Cc2csc3ccccc23)C(CN)C1. The van der Waals surface area contributed by atoms with Gasteiger partial charge in [-0.05, 0) is 47.7 Å². The summed E-state index contributed by atoms with van der Waals surface area (Å²) in [6, 6.07) is 9.26. The van der Waals surface area contributed by atoms with Crippen LogP contribution in [0.15, 0.2) is 29.6 Å². The minimum Gasteiger partial charge on any atom is -0.329 e. The second-order valence-electron chi connectivity index (χ2n) is 5.75. The van der Waals surface area contributed by atoms with Crippen LogP contribution in [0.1, 0.15) is 25.3 Å². The molecule has 2 unspecified atom stereocenters. The molecule has 2 N–H and O–H groups in total. The van der Waals surface area contributed by atoms with Crippen LogP contribution in [-0.4, -0.2) is 24.0 Å². The molecule has 2 aromatic rings. The highest BCUT2D eigenvalue weighted by Gasteiger charge is 2.25. The maximum atomic E-state index is 5.96. The van der Waals surface area contributed by atoms with Crippen molar-refractivity contribution in [2.45, 2.75) is 32.4 Å². The zero-order chi connectivity index (χ0) is 13.2. The van der Waals surface area contributed by atoms with Crippen LogP contribution in [0.2, 0.25) is 0 Å². The molecule has 1 aromatic heterocycles. The number of thiophene rings is 1. The zero-order valence-corrected chi connectivity index (χ0v) is 12.3. The Labute approximate surface area is 119 Å². The molecule has 19 heavy (non-hydrogen) atoms. The fraction of sp³-hybridized carbons (Fsp3) is 0.500. The summed E-state index contributed by atoms with van der Waals surface area (Å²) in [6.07, 6.45) is 2.55. The van der Waals surface area contributed by atoms with Gasteiger partial charge in [-0.2, -0.15) is 0 Å². The first-order chi connectivity index (χ1) is 9.28. The maximum absolute atomic E-state index is 5.96. The molecule has 2 atom stereocenters. The minimum atomic E-state index is 0.558. The van der Waals surface area contributed by atoms with Crippen LogP contribution >= 0.6 is 11.3 Å². The van der Waals surface area contributed by atoms with Crippen molar-refractivity contribution in [1.82, 2.24) is 4.90 Å². The summed E-state index contributed by atoms with van der Waals surface area (Å²) < 4.78 is 1.40. The normalized spacial score (nSPS) is 24.9. The number of hydrogen-bond donors (Lipinski definition) is 1. The predicted octanol–water partition coefficient (Wildman–Crippen LogP) is 3.46. The Bertz CT molecular complexity index is 548. The first-order valence-corrected chi connectivity index (χ1v) is 8.05. The third kappa shape index (κ3) is 2.69. The molecule has 0 aliphatic carbocycles. The maximum Gasteiger partial charge on any atom is 0.0346 e. The number of nitrogens with two attached hydrogens (primary N) is 1. The highest BCUT2D eigenvalue weighted by molar-refractivity contribution is 7.17. The van der Waals surface area contributed by atoms with E-state index >= 15 is 0 Å². The van der Waals surface area contributed by atoms with Crippen LogP contribution < -0.4 is 5.73 Å². The third-order valence-corrected chi connectivity index (χ3v) is 5.32. The van der Waals surface area contributed by atoms with E-state index in [0.29, 0.717) is 6.04 Å². The molecule has 2 nitrogen and oxygen atoms in total. The molecular formula is C16H22N2S. The van der Waals surface area contributed by atoms with Gasteiger partial charge in [0, 0.05) is 23.8 Å². The van der Waals surface area contributed by atoms with Crippen LogP contribution in [-0.2, 0) is 6.54 Å². The molecule has 3 heteroatoms. The van der Waals surface area contributed by atoms with Crippen LogP contribution in [0, 0.1) is 5.92 Å². The number of piperidine rings is 1. The highest BCUT2D eigenvalue weighted by Crippen LogP contribution is 2.29. The Hall–Kier alpha value is -0.900. The van der Waals surface area contributed by atoms with E-state index in [1.165, 1.54) is 35.0 Å². The van der Waals surface area contributed by atoms with Crippen molar-refractivity contribution in [2.24, 2.45) is 11.7 Å². The molecular weight excluding hydrogens is 252 g/mol. The van der Waals surface area contributed by atoms with Gasteiger partial charge in [-0.3, -0.25) is 4.90 Å². The molecule has 1 aliphatic rings. The van der Waals surface area contributed by atoms with Gasteiger partial charge in [-0.25, -0.2) is 0 Å². The summed E-state index contributed by atoms with van der Waals surface area (Å²) in [5.41, 5.74) is 7.42. The molecule has 1 saturated heterocycles. The molecule has 102 valence electrons. The lowest BCUT2D eigenvalue weighted by Gasteiger charge is -2.37. The van der Waals surface area contributed by atoms with Gasteiger partial charge >= 0.3 is 0 Å². The average Bonchev–Trinajstić information content (AvgIpc) is 2.84. The number of likely N-dealkylation sites (tertiary alicyclic amines) is 1. The number of benzene rings is 1. The highest BCUT2D eigenvalue weighted by atomic mass is 32.1. The van der Waals surface area contributed by atoms with E-state index in [0.717, 1.165) is 19.0 Å². The fourth-order valence-electron chi connectivity index (χ4n) is 3.13. The second kappa shape index (κ2) is 5.61. The number of nitrogens with zero attached hydrogens (tertiary/aromatic N) is 1. The van der Waals surface area contributed by atoms with E-state index in [9.17, 15) is 0 Å². The van der Waals surface area contributed by atoms with E-state index in [-0.39, 0.29) is 0 Å². The summed E-state index contributed by atoms with van der Waals surface area (Å²) in [5.74, 6) is 0.823. The Morgan fingerprint density at radius 3 is 3.05 bits per heavy atom. The Kier molecular flexibility index (Phi) is 3.87. The minimum absolute atomic E-state index is 0.558. The fourth-order valence-corrected chi connectivity index (χ4v) is 4.08. The Morgan fingerprint density at radius 2 is 2.21 bits per heavy atom. The summed E-state index contributed by atoms with van der Waals surface area (Å²) in [4.78, 5) is 2.58. The van der Waals surface area contributed by atoms with E-state index in [1.54, 1.807) is 0 Å². The van der Waals surface area contributed by atoms with Gasteiger partial charge < -0.3 is 5.73 Å². The standard InChI is InChI=1S/C16H22N2S/c1-12-6-7-18(14(8-12)9-17)10-13-11-19-16-5-3-2-4-15(13)16/h2-5,11-12,14H,6-10,17H2,1H3. The number of fused-ring (bicyclic) bond motifs is 1. The summed E-state index contributed by atoms with van der Waals surface area (Å²) in [5, 5.41) is 3.73. The van der Waals surface area contributed by atoms with Gasteiger partial charge in [0.25, 0.3) is 0 Å². The Morgan fingerprint density at radius 1 is 1.37 bits per heavy atom. The van der Waals surface area contributed by atoms with E-state index in [2.05, 4.69) is 41.5 Å². The van der Waals surface area contributed by atoms with Crippen LogP contribution in [0.4, 0.5) is 0 Å². The monoisotopic (exact) mass is 274 g/mol. The first kappa shape index (κ1) is 13.1. The summed E-state index contributed by atoms with van der Waals surface area (Å²) >= 11 is 1.85. The predicted molar refractivity (Wildman–Crippen MR) is 83.5 cm³/mol. The largest absolute Gasteiger partial charge is 0.329 e. The Balaban J connectivity index is 1.80. The van der Waals surface area contributed by atoms with Crippen LogP contribution in [0.25, 0.3) is 10.1 Å². The smallest absolute Gasteiger partial charge is 0.0346 e. The molecule has 1 aliphatic heterocycles. The van der Waals surface area contributed by atoms with Gasteiger partial charge in [0.05, 0.1) is 0 Å². The van der Waals surface area contributed by atoms with Gasteiger partial charge in [-0.15, -0.1) is 11.3 Å². The van der Waals surface area contributed by atoms with Gasteiger partial charge in [0.1, 0.15) is 0 Å². The van der Waals surface area contributed by atoms with Gasteiger partial charge in [-0.1, -0.05) is 25.1 Å². The first-order valence-electron chi connectivity index (χ1n) is 7.17. The lowest BCUT2D eigenvalue weighted by atomic mass is 9.92. The van der Waals surface area contributed by atoms with Crippen molar-refractivity contribution in [3.8, 4) is 0 Å². The van der Waals surface area contributed by atoms with Crippen molar-refractivity contribution < 1.29 is 0 Å². The van der Waals surface area contributed by atoms with Crippen LogP contribution in [0.5, 0.6) is 0 Å². The summed E-state index contributed by atoms with van der Waals surface area (Å²) in [6.45, 7) is 5.37. The zero-order valence-electron chi connectivity index (χ0n) is 11.5. The molecule has 1 fully saturated rings. The molecule has 0 saturated carbocycles. The molecule has 0 spiro atoms. The number of rotatable bonds is 3. The molecule has 3 rings (SSSR count). The van der Waals surface area contributed by atoms with Crippen LogP contribution in [0.3, 0.4) is 0 Å². The topological polar surface area (TPSA) is 29.3 Å².